The lowest BCUT2D eigenvalue weighted by Gasteiger charge is -2.24. The van der Waals surface area contributed by atoms with Crippen molar-refractivity contribution >= 4 is 11.9 Å². The molecule has 3 rings (SSSR count). The van der Waals surface area contributed by atoms with Gasteiger partial charge in [-0.2, -0.15) is 0 Å². The standard InChI is InChI=1S/C18H23N3O6.C4H7NO2/c1-10-17(26)14(12(8-22)3-19-10)5-21(7-16(24)25)6-15-13(9-23)4-20-11(2)18(15)27;6-4(7)3-5-1-2-5/h3-4,22-23,26-27H,5-9H2,1-2H3,(H,24,25);1-3H2,(H,6,7). The van der Waals surface area contributed by atoms with Crippen molar-refractivity contribution in [3.05, 3.63) is 46.0 Å². The molecule has 1 fully saturated rings. The highest BCUT2D eigenvalue weighted by Crippen LogP contribution is 2.29. The maximum absolute atomic E-state index is 11.3. The van der Waals surface area contributed by atoms with E-state index in [-0.39, 0.29) is 50.9 Å². The molecule has 0 bridgehead atoms. The molecule has 2 aromatic heterocycles. The Hall–Kier alpha value is -3.32. The van der Waals surface area contributed by atoms with Gasteiger partial charge >= 0.3 is 11.9 Å². The van der Waals surface area contributed by atoms with Crippen molar-refractivity contribution in [3.8, 4) is 11.5 Å². The van der Waals surface area contributed by atoms with E-state index in [1.54, 1.807) is 13.8 Å². The Labute approximate surface area is 196 Å². The number of aliphatic hydroxyl groups is 2. The Bertz CT molecular complexity index is 965. The molecule has 3 heterocycles. The summed E-state index contributed by atoms with van der Waals surface area (Å²) in [7, 11) is 0. The van der Waals surface area contributed by atoms with E-state index >= 15 is 0 Å². The van der Waals surface area contributed by atoms with Crippen LogP contribution < -0.4 is 0 Å². The Morgan fingerprint density at radius 1 is 0.882 bits per heavy atom. The van der Waals surface area contributed by atoms with Gasteiger partial charge in [-0.1, -0.05) is 0 Å². The van der Waals surface area contributed by atoms with Gasteiger partial charge in [0.05, 0.1) is 37.7 Å². The number of nitrogens with zero attached hydrogens (tertiary/aromatic N) is 4. The number of aromatic nitrogens is 2. The van der Waals surface area contributed by atoms with E-state index in [4.69, 9.17) is 5.11 Å². The number of aliphatic hydroxyl groups excluding tert-OH is 2. The van der Waals surface area contributed by atoms with Crippen LogP contribution in [0.1, 0.15) is 33.6 Å². The van der Waals surface area contributed by atoms with E-state index in [0.717, 1.165) is 13.1 Å². The van der Waals surface area contributed by atoms with Crippen LogP contribution in [0.3, 0.4) is 0 Å². The first kappa shape index (κ1) is 26.9. The summed E-state index contributed by atoms with van der Waals surface area (Å²) in [5, 5.41) is 57.0. The first-order chi connectivity index (χ1) is 16.1. The molecule has 0 amide bonds. The van der Waals surface area contributed by atoms with Crippen LogP contribution in [-0.4, -0.2) is 88.5 Å². The molecule has 1 aliphatic heterocycles. The molecule has 0 unspecified atom stereocenters. The van der Waals surface area contributed by atoms with Crippen molar-refractivity contribution in [1.29, 1.82) is 0 Å². The Kier molecular flexibility index (Phi) is 9.69. The second-order valence-corrected chi connectivity index (χ2v) is 7.92. The molecule has 186 valence electrons. The summed E-state index contributed by atoms with van der Waals surface area (Å²) in [6, 6.07) is 0. The van der Waals surface area contributed by atoms with E-state index in [1.165, 1.54) is 17.3 Å². The SMILES string of the molecule is Cc1ncc(CO)c(CN(CC(=O)O)Cc2c(CO)cnc(C)c2O)c1O.O=C(O)CN1CC1. The summed E-state index contributed by atoms with van der Waals surface area (Å²) in [5.74, 6) is -2.05. The van der Waals surface area contributed by atoms with Crippen molar-refractivity contribution in [2.24, 2.45) is 0 Å². The van der Waals surface area contributed by atoms with Gasteiger partial charge in [0.1, 0.15) is 11.5 Å². The number of carboxylic acids is 2. The Balaban J connectivity index is 0.000000497. The first-order valence-corrected chi connectivity index (χ1v) is 10.5. The van der Waals surface area contributed by atoms with Gasteiger partial charge in [0.2, 0.25) is 0 Å². The molecule has 12 nitrogen and oxygen atoms in total. The van der Waals surface area contributed by atoms with Crippen LogP contribution in [0.2, 0.25) is 0 Å². The molecule has 0 atom stereocenters. The second kappa shape index (κ2) is 12.2. The van der Waals surface area contributed by atoms with E-state index in [0.29, 0.717) is 33.6 Å². The van der Waals surface area contributed by atoms with Crippen LogP contribution in [0.25, 0.3) is 0 Å². The summed E-state index contributed by atoms with van der Waals surface area (Å²) < 4.78 is 0. The third kappa shape index (κ3) is 7.63. The van der Waals surface area contributed by atoms with Gasteiger partial charge in [0.25, 0.3) is 0 Å². The molecule has 0 aliphatic carbocycles. The molecule has 34 heavy (non-hydrogen) atoms. The summed E-state index contributed by atoms with van der Waals surface area (Å²) in [4.78, 5) is 32.4. The molecule has 0 radical (unpaired) electrons. The molecule has 2 aromatic rings. The lowest BCUT2D eigenvalue weighted by molar-refractivity contribution is -0.139. The summed E-state index contributed by atoms with van der Waals surface area (Å²) >= 11 is 0. The first-order valence-electron chi connectivity index (χ1n) is 10.5. The molecule has 12 heteroatoms. The minimum absolute atomic E-state index is 0.00304. The fourth-order valence-corrected chi connectivity index (χ4v) is 3.22. The van der Waals surface area contributed by atoms with Gasteiger partial charge in [0.15, 0.2) is 0 Å². The zero-order chi connectivity index (χ0) is 25.4. The van der Waals surface area contributed by atoms with Crippen LogP contribution in [-0.2, 0) is 35.9 Å². The van der Waals surface area contributed by atoms with Crippen molar-refractivity contribution in [2.45, 2.75) is 40.2 Å². The van der Waals surface area contributed by atoms with Crippen LogP contribution in [0, 0.1) is 13.8 Å². The number of carbonyl (C=O) groups is 2. The monoisotopic (exact) mass is 478 g/mol. The Morgan fingerprint density at radius 3 is 1.62 bits per heavy atom. The van der Waals surface area contributed by atoms with Crippen molar-refractivity contribution < 1.29 is 40.2 Å². The molecule has 6 N–H and O–H groups in total. The molecule has 1 aliphatic rings. The Morgan fingerprint density at radius 2 is 1.32 bits per heavy atom. The normalized spacial score (nSPS) is 12.9. The average Bonchev–Trinajstić information content (AvgIpc) is 3.58. The number of hydrogen-bond acceptors (Lipinski definition) is 10. The van der Waals surface area contributed by atoms with Crippen molar-refractivity contribution in [2.75, 3.05) is 26.2 Å². The van der Waals surface area contributed by atoms with Gasteiger partial charge in [-0.25, -0.2) is 0 Å². The average molecular weight is 479 g/mol. The minimum Gasteiger partial charge on any atom is -0.506 e. The third-order valence-electron chi connectivity index (χ3n) is 5.22. The van der Waals surface area contributed by atoms with Gasteiger partial charge in [-0.15, -0.1) is 0 Å². The molecule has 0 spiro atoms. The second-order valence-electron chi connectivity index (χ2n) is 7.92. The van der Waals surface area contributed by atoms with Crippen LogP contribution in [0.5, 0.6) is 11.5 Å². The maximum atomic E-state index is 11.3. The number of aryl methyl sites for hydroxylation is 2. The van der Waals surface area contributed by atoms with Crippen molar-refractivity contribution in [3.63, 3.8) is 0 Å². The highest BCUT2D eigenvalue weighted by atomic mass is 16.4. The highest BCUT2D eigenvalue weighted by molar-refractivity contribution is 5.69. The van der Waals surface area contributed by atoms with Gasteiger partial charge in [0, 0.05) is 60.8 Å². The van der Waals surface area contributed by atoms with E-state index in [2.05, 4.69) is 9.97 Å². The summed E-state index contributed by atoms with van der Waals surface area (Å²) in [5.41, 5.74) is 2.20. The largest absolute Gasteiger partial charge is 0.506 e. The molecule has 1 saturated heterocycles. The highest BCUT2D eigenvalue weighted by Gasteiger charge is 2.21. The number of carboxylic acid groups (broad SMARTS) is 2. The zero-order valence-electron chi connectivity index (χ0n) is 19.1. The number of rotatable bonds is 10. The van der Waals surface area contributed by atoms with Gasteiger partial charge in [-0.05, 0) is 13.8 Å². The predicted octanol–water partition coefficient (Wildman–Crippen LogP) is -0.0374. The van der Waals surface area contributed by atoms with Gasteiger partial charge in [-0.3, -0.25) is 29.4 Å². The summed E-state index contributed by atoms with van der Waals surface area (Å²) in [6.45, 7) is 4.26. The molecule has 0 aromatic carbocycles. The quantitative estimate of drug-likeness (QED) is 0.251. The predicted molar refractivity (Wildman–Crippen MR) is 119 cm³/mol. The van der Waals surface area contributed by atoms with Crippen LogP contribution >= 0.6 is 0 Å². The van der Waals surface area contributed by atoms with Crippen LogP contribution in [0.4, 0.5) is 0 Å². The number of aromatic hydroxyl groups is 2. The molecule has 0 saturated carbocycles. The lowest BCUT2D eigenvalue weighted by Crippen LogP contribution is -2.30. The minimum atomic E-state index is -1.10. The smallest absolute Gasteiger partial charge is 0.317 e. The number of pyridine rings is 2. The topological polar surface area (TPSA) is 188 Å². The van der Waals surface area contributed by atoms with E-state index in [9.17, 15) is 35.1 Å². The van der Waals surface area contributed by atoms with E-state index in [1.807, 2.05) is 4.90 Å². The lowest BCUT2D eigenvalue weighted by atomic mass is 10.0. The number of hydrogen-bond donors (Lipinski definition) is 6. The zero-order valence-corrected chi connectivity index (χ0v) is 19.1. The fraction of sp³-hybridized carbons (Fsp3) is 0.455. The fourth-order valence-electron chi connectivity index (χ4n) is 3.22. The van der Waals surface area contributed by atoms with Crippen molar-refractivity contribution in [1.82, 2.24) is 19.8 Å². The number of aliphatic carboxylic acids is 2. The summed E-state index contributed by atoms with van der Waals surface area (Å²) in [6.07, 6.45) is 2.85. The molecular formula is C22H30N4O8. The maximum Gasteiger partial charge on any atom is 0.317 e. The molecular weight excluding hydrogens is 448 g/mol. The van der Waals surface area contributed by atoms with Crippen LogP contribution in [0.15, 0.2) is 12.4 Å². The van der Waals surface area contributed by atoms with Gasteiger partial charge < -0.3 is 30.6 Å². The third-order valence-corrected chi connectivity index (χ3v) is 5.22. The van der Waals surface area contributed by atoms with E-state index < -0.39 is 11.9 Å².